The number of anilines is 2. The molecule has 3 amide bonds. The predicted molar refractivity (Wildman–Crippen MR) is 117 cm³/mol. The average molecular weight is 416 g/mol. The van der Waals surface area contributed by atoms with Gasteiger partial charge in [0.15, 0.2) is 0 Å². The van der Waals surface area contributed by atoms with Gasteiger partial charge in [0.25, 0.3) is 5.91 Å². The van der Waals surface area contributed by atoms with Gasteiger partial charge in [-0.3, -0.25) is 14.5 Å². The summed E-state index contributed by atoms with van der Waals surface area (Å²) in [4.78, 5) is 28.0. The van der Waals surface area contributed by atoms with Gasteiger partial charge in [-0.05, 0) is 48.5 Å². The van der Waals surface area contributed by atoms with Gasteiger partial charge in [0, 0.05) is 43.1 Å². The van der Waals surface area contributed by atoms with Crippen molar-refractivity contribution in [2.45, 2.75) is 0 Å². The van der Waals surface area contributed by atoms with Crippen molar-refractivity contribution in [3.8, 4) is 11.5 Å². The Kier molecular flexibility index (Phi) is 5.48. The molecule has 0 saturated carbocycles. The molecule has 4 rings (SSSR count). The molecule has 0 aliphatic rings. The highest BCUT2D eigenvalue weighted by Crippen LogP contribution is 2.24. The number of aromatic nitrogens is 3. The summed E-state index contributed by atoms with van der Waals surface area (Å²) in [6.07, 6.45) is 3.27. The molecule has 156 valence electrons. The Morgan fingerprint density at radius 1 is 0.935 bits per heavy atom. The first kappa shape index (κ1) is 19.9. The van der Waals surface area contributed by atoms with E-state index in [1.807, 2.05) is 25.2 Å². The molecular weight excluding hydrogens is 396 g/mol. The molecule has 2 aromatic carbocycles. The topological polar surface area (TPSA) is 110 Å². The van der Waals surface area contributed by atoms with Crippen molar-refractivity contribution in [3.05, 3.63) is 72.7 Å². The summed E-state index contributed by atoms with van der Waals surface area (Å²) < 4.78 is 7.50. The number of benzene rings is 2. The van der Waals surface area contributed by atoms with Crippen LogP contribution in [0.2, 0.25) is 0 Å². The Morgan fingerprint density at radius 2 is 1.68 bits per heavy atom. The van der Waals surface area contributed by atoms with Gasteiger partial charge in [0.2, 0.25) is 0 Å². The molecule has 0 spiro atoms. The maximum absolute atomic E-state index is 12.3. The Balaban J connectivity index is 1.38. The number of nitrogens with one attached hydrogen (secondary N) is 3. The summed E-state index contributed by atoms with van der Waals surface area (Å²) in [6.45, 7) is 0. The molecule has 9 heteroatoms. The maximum Gasteiger partial charge on any atom is 0.323 e. The zero-order valence-corrected chi connectivity index (χ0v) is 16.9. The van der Waals surface area contributed by atoms with Crippen LogP contribution in [0.25, 0.3) is 10.9 Å². The molecule has 0 unspecified atom stereocenters. The van der Waals surface area contributed by atoms with Crippen molar-refractivity contribution in [1.82, 2.24) is 20.1 Å². The zero-order valence-electron chi connectivity index (χ0n) is 16.9. The van der Waals surface area contributed by atoms with Crippen molar-refractivity contribution in [1.29, 1.82) is 0 Å². The third kappa shape index (κ3) is 4.61. The summed E-state index contributed by atoms with van der Waals surface area (Å²) in [6, 6.07) is 15.3. The fourth-order valence-electron chi connectivity index (χ4n) is 2.98. The second-order valence-electron chi connectivity index (χ2n) is 6.70. The number of hydrogen-bond donors (Lipinski definition) is 3. The van der Waals surface area contributed by atoms with Gasteiger partial charge in [0.05, 0.1) is 11.7 Å². The number of pyridine rings is 1. The van der Waals surface area contributed by atoms with E-state index in [4.69, 9.17) is 4.74 Å². The Morgan fingerprint density at radius 3 is 2.45 bits per heavy atom. The minimum absolute atomic E-state index is 0.263. The Labute approximate surface area is 178 Å². The molecule has 0 aliphatic carbocycles. The second-order valence-corrected chi connectivity index (χ2v) is 6.70. The first-order valence-electron chi connectivity index (χ1n) is 9.47. The Bertz CT molecular complexity index is 1250. The van der Waals surface area contributed by atoms with Crippen molar-refractivity contribution in [2.24, 2.45) is 7.05 Å². The molecule has 2 heterocycles. The quantitative estimate of drug-likeness (QED) is 0.459. The van der Waals surface area contributed by atoms with Crippen LogP contribution in [0.1, 0.15) is 10.5 Å². The minimum atomic E-state index is -0.362. The lowest BCUT2D eigenvalue weighted by Crippen LogP contribution is -2.19. The molecule has 0 radical (unpaired) electrons. The van der Waals surface area contributed by atoms with Crippen LogP contribution >= 0.6 is 0 Å². The van der Waals surface area contributed by atoms with Gasteiger partial charge in [-0.1, -0.05) is 0 Å². The molecule has 0 saturated heterocycles. The van der Waals surface area contributed by atoms with Crippen LogP contribution in [0.5, 0.6) is 11.5 Å². The number of nitrogens with zero attached hydrogens (tertiary/aromatic N) is 3. The van der Waals surface area contributed by atoms with Crippen LogP contribution in [0.15, 0.2) is 67.0 Å². The van der Waals surface area contributed by atoms with Crippen molar-refractivity contribution >= 4 is 34.2 Å². The molecule has 0 aliphatic heterocycles. The fraction of sp³-hybridized carbons (Fsp3) is 0.0909. The van der Waals surface area contributed by atoms with E-state index in [2.05, 4.69) is 26.0 Å². The Hall–Kier alpha value is -4.40. The van der Waals surface area contributed by atoms with Crippen LogP contribution in [0.3, 0.4) is 0 Å². The lowest BCUT2D eigenvalue weighted by molar-refractivity contribution is 0.0958. The molecule has 9 nitrogen and oxygen atoms in total. The third-order valence-electron chi connectivity index (χ3n) is 4.55. The molecule has 0 bridgehead atoms. The van der Waals surface area contributed by atoms with Crippen molar-refractivity contribution in [2.75, 3.05) is 17.7 Å². The normalized spacial score (nSPS) is 10.5. The molecule has 3 N–H and O–H groups in total. The smallest absolute Gasteiger partial charge is 0.323 e. The maximum atomic E-state index is 12.3. The number of carbonyl (C=O) groups is 2. The van der Waals surface area contributed by atoms with E-state index in [1.54, 1.807) is 47.3 Å². The molecule has 4 aromatic rings. The fourth-order valence-corrected chi connectivity index (χ4v) is 2.98. The van der Waals surface area contributed by atoms with Crippen LogP contribution < -0.4 is 20.7 Å². The number of hydrogen-bond acceptors (Lipinski definition) is 5. The largest absolute Gasteiger partial charge is 0.457 e. The van der Waals surface area contributed by atoms with E-state index < -0.39 is 0 Å². The van der Waals surface area contributed by atoms with Crippen LogP contribution in [0, 0.1) is 0 Å². The number of ether oxygens (including phenoxy) is 1. The van der Waals surface area contributed by atoms with Gasteiger partial charge in [-0.15, -0.1) is 0 Å². The molecule has 0 atom stereocenters. The van der Waals surface area contributed by atoms with Crippen LogP contribution in [-0.4, -0.2) is 33.8 Å². The van der Waals surface area contributed by atoms with E-state index in [9.17, 15) is 9.59 Å². The molecule has 0 fully saturated rings. The summed E-state index contributed by atoms with van der Waals surface area (Å²) in [5.41, 5.74) is 2.46. The van der Waals surface area contributed by atoms with E-state index in [1.165, 1.54) is 13.2 Å². The van der Waals surface area contributed by atoms with Crippen LogP contribution in [-0.2, 0) is 7.05 Å². The van der Waals surface area contributed by atoms with Gasteiger partial charge in [0.1, 0.15) is 17.2 Å². The first-order chi connectivity index (χ1) is 15.0. The van der Waals surface area contributed by atoms with E-state index in [0.29, 0.717) is 22.9 Å². The molecule has 31 heavy (non-hydrogen) atoms. The summed E-state index contributed by atoms with van der Waals surface area (Å²) >= 11 is 0. The van der Waals surface area contributed by atoms with Crippen LogP contribution in [0.4, 0.5) is 16.2 Å². The molecule has 2 aromatic heterocycles. The SMILES string of the molecule is CNC(=O)c1cc(Oc2ccc(NC(=O)Nc3ccc4cnn(C)c4c3)cc2)ccn1. The number of aryl methyl sites for hydroxylation is 1. The monoisotopic (exact) mass is 416 g/mol. The summed E-state index contributed by atoms with van der Waals surface area (Å²) in [5.74, 6) is 0.748. The average Bonchev–Trinajstić information content (AvgIpc) is 3.15. The highest BCUT2D eigenvalue weighted by atomic mass is 16.5. The lowest BCUT2D eigenvalue weighted by Gasteiger charge is -2.10. The lowest BCUT2D eigenvalue weighted by atomic mass is 10.2. The van der Waals surface area contributed by atoms with E-state index in [-0.39, 0.29) is 17.6 Å². The van der Waals surface area contributed by atoms with Gasteiger partial charge >= 0.3 is 6.03 Å². The highest BCUT2D eigenvalue weighted by molar-refractivity contribution is 6.01. The van der Waals surface area contributed by atoms with Gasteiger partial charge in [-0.2, -0.15) is 5.10 Å². The highest BCUT2D eigenvalue weighted by Gasteiger charge is 2.08. The third-order valence-corrected chi connectivity index (χ3v) is 4.55. The van der Waals surface area contributed by atoms with E-state index in [0.717, 1.165) is 10.9 Å². The number of urea groups is 1. The van der Waals surface area contributed by atoms with Gasteiger partial charge in [-0.25, -0.2) is 4.79 Å². The summed E-state index contributed by atoms with van der Waals surface area (Å²) in [7, 11) is 3.39. The second kappa shape index (κ2) is 8.54. The minimum Gasteiger partial charge on any atom is -0.457 e. The van der Waals surface area contributed by atoms with Gasteiger partial charge < -0.3 is 20.7 Å². The summed E-state index contributed by atoms with van der Waals surface area (Å²) in [5, 5.41) is 13.3. The zero-order chi connectivity index (χ0) is 21.8. The number of fused-ring (bicyclic) bond motifs is 1. The number of amides is 3. The number of rotatable bonds is 5. The first-order valence-corrected chi connectivity index (χ1v) is 9.47. The van der Waals surface area contributed by atoms with Crippen molar-refractivity contribution < 1.29 is 14.3 Å². The molecular formula is C22H20N6O3. The van der Waals surface area contributed by atoms with Crippen molar-refractivity contribution in [3.63, 3.8) is 0 Å². The van der Waals surface area contributed by atoms with E-state index >= 15 is 0 Å². The standard InChI is InChI=1S/C22H20N6O3/c1-23-21(29)19-12-18(9-10-24-19)31-17-7-5-15(6-8-17)26-22(30)27-16-4-3-14-13-25-28(2)20(14)11-16/h3-13H,1-2H3,(H,23,29)(H2,26,27,30). The predicted octanol–water partition coefficient (Wildman–Crippen LogP) is 3.76. The number of carbonyl (C=O) groups excluding carboxylic acids is 2.